The highest BCUT2D eigenvalue weighted by Gasteiger charge is 2.27. The first-order valence-electron chi connectivity index (χ1n) is 7.83. The molecule has 0 atom stereocenters. The summed E-state index contributed by atoms with van der Waals surface area (Å²) in [7, 11) is 0. The Balaban J connectivity index is 0.00000361. The first-order chi connectivity index (χ1) is 8.88. The number of rotatable bonds is 7. The summed E-state index contributed by atoms with van der Waals surface area (Å²) in [5, 5.41) is 9.03. The van der Waals surface area contributed by atoms with Gasteiger partial charge in [-0.1, -0.05) is 27.7 Å². The van der Waals surface area contributed by atoms with E-state index in [1.54, 1.807) is 0 Å². The fourth-order valence-corrected chi connectivity index (χ4v) is 3.21. The van der Waals surface area contributed by atoms with Gasteiger partial charge in [-0.25, -0.2) is 0 Å². The molecule has 0 saturated heterocycles. The van der Waals surface area contributed by atoms with Crippen LogP contribution in [-0.2, 0) is 4.79 Å². The first-order valence-corrected chi connectivity index (χ1v) is 7.83. The molecular weight excluding hydrogens is 274 g/mol. The normalized spacial score (nSPS) is 23.1. The third kappa shape index (κ3) is 7.49. The SMILES string of the molecule is CC(C)CN(CC(C)C)C[C@H]1CC[C@H](C(=O)O)CC1.Cl. The second-order valence-electron chi connectivity index (χ2n) is 7.06. The summed E-state index contributed by atoms with van der Waals surface area (Å²) in [6.07, 6.45) is 3.92. The molecule has 0 radical (unpaired) electrons. The van der Waals surface area contributed by atoms with E-state index in [0.29, 0.717) is 17.8 Å². The number of hydrogen-bond acceptors (Lipinski definition) is 2. The monoisotopic (exact) mass is 305 g/mol. The third-order valence-corrected chi connectivity index (χ3v) is 3.96. The van der Waals surface area contributed by atoms with Gasteiger partial charge in [-0.2, -0.15) is 0 Å². The molecule has 0 aromatic heterocycles. The van der Waals surface area contributed by atoms with Crippen molar-refractivity contribution in [1.29, 1.82) is 0 Å². The highest BCUT2D eigenvalue weighted by molar-refractivity contribution is 5.85. The van der Waals surface area contributed by atoms with Gasteiger partial charge in [0.2, 0.25) is 0 Å². The van der Waals surface area contributed by atoms with Crippen molar-refractivity contribution in [2.45, 2.75) is 53.4 Å². The summed E-state index contributed by atoms with van der Waals surface area (Å²) >= 11 is 0. The van der Waals surface area contributed by atoms with E-state index in [4.69, 9.17) is 5.11 Å². The predicted octanol–water partition coefficient (Wildman–Crippen LogP) is 3.91. The summed E-state index contributed by atoms with van der Waals surface area (Å²) in [6, 6.07) is 0. The van der Waals surface area contributed by atoms with Gasteiger partial charge in [-0.05, 0) is 43.4 Å². The highest BCUT2D eigenvalue weighted by atomic mass is 35.5. The minimum atomic E-state index is -0.598. The van der Waals surface area contributed by atoms with Crippen LogP contribution in [0, 0.1) is 23.7 Å². The first kappa shape index (κ1) is 19.7. The van der Waals surface area contributed by atoms with Crippen molar-refractivity contribution >= 4 is 18.4 Å². The molecule has 1 aliphatic carbocycles. The van der Waals surface area contributed by atoms with E-state index < -0.39 is 5.97 Å². The van der Waals surface area contributed by atoms with E-state index in [-0.39, 0.29) is 18.3 Å². The molecule has 1 fully saturated rings. The average molecular weight is 306 g/mol. The fourth-order valence-electron chi connectivity index (χ4n) is 3.21. The molecule has 3 nitrogen and oxygen atoms in total. The zero-order valence-corrected chi connectivity index (χ0v) is 14.3. The maximum absolute atomic E-state index is 11.0. The molecule has 0 spiro atoms. The molecule has 0 unspecified atom stereocenters. The van der Waals surface area contributed by atoms with Gasteiger partial charge in [-0.3, -0.25) is 4.79 Å². The Morgan fingerprint density at radius 1 is 1.05 bits per heavy atom. The van der Waals surface area contributed by atoms with Crippen LogP contribution in [0.15, 0.2) is 0 Å². The van der Waals surface area contributed by atoms with Gasteiger partial charge in [0.1, 0.15) is 0 Å². The minimum absolute atomic E-state index is 0. The Labute approximate surface area is 130 Å². The molecule has 0 aliphatic heterocycles. The smallest absolute Gasteiger partial charge is 0.306 e. The molecule has 120 valence electrons. The van der Waals surface area contributed by atoms with E-state index in [2.05, 4.69) is 32.6 Å². The van der Waals surface area contributed by atoms with Crippen LogP contribution in [0.1, 0.15) is 53.4 Å². The quantitative estimate of drug-likeness (QED) is 0.775. The van der Waals surface area contributed by atoms with Crippen LogP contribution in [0.4, 0.5) is 0 Å². The van der Waals surface area contributed by atoms with Crippen molar-refractivity contribution in [2.75, 3.05) is 19.6 Å². The van der Waals surface area contributed by atoms with Crippen molar-refractivity contribution in [2.24, 2.45) is 23.7 Å². The van der Waals surface area contributed by atoms with Crippen LogP contribution in [-0.4, -0.2) is 35.6 Å². The van der Waals surface area contributed by atoms with E-state index in [0.717, 1.165) is 45.3 Å². The topological polar surface area (TPSA) is 40.5 Å². The van der Waals surface area contributed by atoms with Gasteiger partial charge in [0, 0.05) is 19.6 Å². The van der Waals surface area contributed by atoms with Crippen molar-refractivity contribution in [3.05, 3.63) is 0 Å². The van der Waals surface area contributed by atoms with Gasteiger partial charge in [0.05, 0.1) is 5.92 Å². The molecule has 0 aromatic rings. The lowest BCUT2D eigenvalue weighted by molar-refractivity contribution is -0.143. The molecule has 0 amide bonds. The number of hydrogen-bond donors (Lipinski definition) is 1. The lowest BCUT2D eigenvalue weighted by Gasteiger charge is -2.33. The van der Waals surface area contributed by atoms with Gasteiger partial charge in [0.15, 0.2) is 0 Å². The zero-order valence-electron chi connectivity index (χ0n) is 13.5. The van der Waals surface area contributed by atoms with E-state index in [9.17, 15) is 4.79 Å². The number of carbonyl (C=O) groups is 1. The van der Waals surface area contributed by atoms with Crippen LogP contribution < -0.4 is 0 Å². The number of halogens is 1. The van der Waals surface area contributed by atoms with Crippen molar-refractivity contribution in [3.63, 3.8) is 0 Å². The summed E-state index contributed by atoms with van der Waals surface area (Å²) in [4.78, 5) is 13.5. The molecule has 1 N–H and O–H groups in total. The van der Waals surface area contributed by atoms with Crippen LogP contribution in [0.3, 0.4) is 0 Å². The van der Waals surface area contributed by atoms with Crippen LogP contribution >= 0.6 is 12.4 Å². The zero-order chi connectivity index (χ0) is 14.4. The fraction of sp³-hybridized carbons (Fsp3) is 0.938. The summed E-state index contributed by atoms with van der Waals surface area (Å²) in [5.41, 5.74) is 0. The van der Waals surface area contributed by atoms with Crippen molar-refractivity contribution in [1.82, 2.24) is 4.90 Å². The largest absolute Gasteiger partial charge is 0.481 e. The minimum Gasteiger partial charge on any atom is -0.481 e. The van der Waals surface area contributed by atoms with Crippen LogP contribution in [0.2, 0.25) is 0 Å². The Morgan fingerprint density at radius 3 is 1.85 bits per heavy atom. The number of aliphatic carboxylic acids is 1. The van der Waals surface area contributed by atoms with Gasteiger partial charge >= 0.3 is 5.97 Å². The summed E-state index contributed by atoms with van der Waals surface area (Å²) < 4.78 is 0. The third-order valence-electron chi connectivity index (χ3n) is 3.96. The Kier molecular flexibility index (Phi) is 9.48. The molecule has 0 heterocycles. The molecule has 4 heteroatoms. The molecule has 1 aliphatic rings. The lowest BCUT2D eigenvalue weighted by Crippen LogP contribution is -2.37. The van der Waals surface area contributed by atoms with Crippen LogP contribution in [0.25, 0.3) is 0 Å². The number of carboxylic acids is 1. The molecular formula is C16H32ClNO2. The van der Waals surface area contributed by atoms with Gasteiger partial charge < -0.3 is 10.0 Å². The summed E-state index contributed by atoms with van der Waals surface area (Å²) in [5.74, 6) is 1.43. The Morgan fingerprint density at radius 2 is 1.50 bits per heavy atom. The molecule has 1 saturated carbocycles. The molecule has 0 bridgehead atoms. The second-order valence-corrected chi connectivity index (χ2v) is 7.06. The summed E-state index contributed by atoms with van der Waals surface area (Å²) in [6.45, 7) is 12.6. The van der Waals surface area contributed by atoms with E-state index in [1.165, 1.54) is 0 Å². The second kappa shape index (κ2) is 9.62. The standard InChI is InChI=1S/C16H31NO2.ClH/c1-12(2)9-17(10-13(3)4)11-14-5-7-15(8-6-14)16(18)19;/h12-15H,5-11H2,1-4H3,(H,18,19);1H/t14-,15-;. The van der Waals surface area contributed by atoms with Crippen LogP contribution in [0.5, 0.6) is 0 Å². The number of carboxylic acid groups (broad SMARTS) is 1. The maximum atomic E-state index is 11.0. The Hall–Kier alpha value is -0.280. The van der Waals surface area contributed by atoms with Crippen molar-refractivity contribution in [3.8, 4) is 0 Å². The van der Waals surface area contributed by atoms with Gasteiger partial charge in [0.25, 0.3) is 0 Å². The maximum Gasteiger partial charge on any atom is 0.306 e. The van der Waals surface area contributed by atoms with Crippen molar-refractivity contribution < 1.29 is 9.90 Å². The predicted molar refractivity (Wildman–Crippen MR) is 86.4 cm³/mol. The van der Waals surface area contributed by atoms with Gasteiger partial charge in [-0.15, -0.1) is 12.4 Å². The lowest BCUT2D eigenvalue weighted by atomic mass is 9.81. The highest BCUT2D eigenvalue weighted by Crippen LogP contribution is 2.29. The number of nitrogens with zero attached hydrogens (tertiary/aromatic N) is 1. The average Bonchev–Trinajstić information content (AvgIpc) is 2.27. The Bertz CT molecular complexity index is 264. The van der Waals surface area contributed by atoms with E-state index in [1.807, 2.05) is 0 Å². The molecule has 1 rings (SSSR count). The molecule has 0 aromatic carbocycles. The van der Waals surface area contributed by atoms with E-state index >= 15 is 0 Å². The molecule has 20 heavy (non-hydrogen) atoms.